The Morgan fingerprint density at radius 2 is 1.69 bits per heavy atom. The molecule has 0 saturated carbocycles. The third-order valence-corrected chi connectivity index (χ3v) is 2.19. The largest absolute Gasteiger partial charge is 0.502 e. The number of rotatable bonds is 3. The van der Waals surface area contributed by atoms with Gasteiger partial charge < -0.3 is 14.3 Å². The number of hydrogen-bond acceptors (Lipinski definition) is 4. The van der Waals surface area contributed by atoms with Crippen molar-refractivity contribution in [2.45, 2.75) is 46.5 Å². The number of esters is 1. The minimum atomic E-state index is -0.465. The van der Waals surface area contributed by atoms with Gasteiger partial charge in [0, 0.05) is 18.8 Å². The lowest BCUT2D eigenvalue weighted by Gasteiger charge is -2.04. The van der Waals surface area contributed by atoms with Crippen LogP contribution in [0.3, 0.4) is 0 Å². The average molecular weight is 226 g/mol. The minimum Gasteiger partial charge on any atom is -0.502 e. The highest BCUT2D eigenvalue weighted by atomic mass is 16.6. The second-order valence-corrected chi connectivity index (χ2v) is 4.41. The quantitative estimate of drug-likeness (QED) is 0.804. The predicted octanol–water partition coefficient (Wildman–Crippen LogP) is 3.16. The highest BCUT2D eigenvalue weighted by Crippen LogP contribution is 2.43. The van der Waals surface area contributed by atoms with E-state index in [0.29, 0.717) is 11.5 Å². The first-order valence-electron chi connectivity index (χ1n) is 5.38. The maximum atomic E-state index is 10.9. The van der Waals surface area contributed by atoms with Crippen LogP contribution in [0.5, 0.6) is 11.5 Å². The normalized spacial score (nSPS) is 11.2. The number of hydrogen-bond donors (Lipinski definition) is 1. The molecule has 0 amide bonds. The van der Waals surface area contributed by atoms with E-state index in [1.807, 2.05) is 27.7 Å². The van der Waals surface area contributed by atoms with Crippen LogP contribution in [0.1, 0.15) is 58.0 Å². The highest BCUT2D eigenvalue weighted by Gasteiger charge is 2.25. The third kappa shape index (κ3) is 2.38. The van der Waals surface area contributed by atoms with E-state index in [2.05, 4.69) is 0 Å². The fourth-order valence-electron chi connectivity index (χ4n) is 1.46. The first-order chi connectivity index (χ1) is 7.34. The molecule has 0 fully saturated rings. The summed E-state index contributed by atoms with van der Waals surface area (Å²) in [6.07, 6.45) is 0. The van der Waals surface area contributed by atoms with Gasteiger partial charge in [-0.05, 0) is 0 Å². The van der Waals surface area contributed by atoms with E-state index in [1.165, 1.54) is 6.92 Å². The molecule has 4 heteroatoms. The van der Waals surface area contributed by atoms with Gasteiger partial charge in [-0.1, -0.05) is 27.7 Å². The summed E-state index contributed by atoms with van der Waals surface area (Å²) < 4.78 is 10.5. The Balaban J connectivity index is 3.26. The van der Waals surface area contributed by atoms with E-state index < -0.39 is 5.97 Å². The summed E-state index contributed by atoms with van der Waals surface area (Å²) in [6, 6.07) is 0. The molecule has 1 rings (SSSR count). The zero-order valence-electron chi connectivity index (χ0n) is 10.3. The third-order valence-electron chi connectivity index (χ3n) is 2.19. The number of furan rings is 1. The van der Waals surface area contributed by atoms with Gasteiger partial charge >= 0.3 is 5.97 Å². The molecule has 4 nitrogen and oxygen atoms in total. The van der Waals surface area contributed by atoms with Crippen LogP contribution < -0.4 is 4.74 Å². The van der Waals surface area contributed by atoms with E-state index >= 15 is 0 Å². The topological polar surface area (TPSA) is 59.7 Å². The van der Waals surface area contributed by atoms with Gasteiger partial charge in [0.1, 0.15) is 0 Å². The SMILES string of the molecule is CC(=O)Oc1c(C(C)C)oc(C(C)C)c1O. The Morgan fingerprint density at radius 3 is 2.06 bits per heavy atom. The Labute approximate surface area is 95.2 Å². The van der Waals surface area contributed by atoms with Gasteiger partial charge in [-0.3, -0.25) is 4.79 Å². The molecule has 0 radical (unpaired) electrons. The van der Waals surface area contributed by atoms with E-state index in [1.54, 1.807) is 0 Å². The van der Waals surface area contributed by atoms with Crippen LogP contribution in [-0.4, -0.2) is 11.1 Å². The molecular weight excluding hydrogens is 208 g/mol. The van der Waals surface area contributed by atoms with Crippen molar-refractivity contribution < 1.29 is 19.1 Å². The van der Waals surface area contributed by atoms with Crippen LogP contribution in [-0.2, 0) is 4.79 Å². The Bertz CT molecular complexity index is 388. The van der Waals surface area contributed by atoms with Crippen LogP contribution in [0.2, 0.25) is 0 Å². The smallest absolute Gasteiger partial charge is 0.308 e. The summed E-state index contributed by atoms with van der Waals surface area (Å²) in [4.78, 5) is 10.9. The van der Waals surface area contributed by atoms with Crippen LogP contribution in [0.15, 0.2) is 4.42 Å². The van der Waals surface area contributed by atoms with Crippen molar-refractivity contribution >= 4 is 5.97 Å². The molecule has 1 aromatic rings. The fourth-order valence-corrected chi connectivity index (χ4v) is 1.46. The summed E-state index contributed by atoms with van der Waals surface area (Å²) in [5, 5.41) is 9.91. The van der Waals surface area contributed by atoms with Crippen molar-refractivity contribution in [2.75, 3.05) is 0 Å². The molecule has 1 aromatic heterocycles. The lowest BCUT2D eigenvalue weighted by molar-refractivity contribution is -0.132. The van der Waals surface area contributed by atoms with Crippen LogP contribution in [0.4, 0.5) is 0 Å². The molecule has 0 aromatic carbocycles. The van der Waals surface area contributed by atoms with Crippen molar-refractivity contribution in [1.82, 2.24) is 0 Å². The molecule has 16 heavy (non-hydrogen) atoms. The summed E-state index contributed by atoms with van der Waals surface area (Å²) in [5.74, 6) is 0.694. The van der Waals surface area contributed by atoms with Gasteiger partial charge in [0.15, 0.2) is 11.5 Å². The molecule has 0 spiro atoms. The van der Waals surface area contributed by atoms with Gasteiger partial charge in [-0.2, -0.15) is 0 Å². The fraction of sp³-hybridized carbons (Fsp3) is 0.583. The Morgan fingerprint density at radius 1 is 1.19 bits per heavy atom. The minimum absolute atomic E-state index is 0.0433. The molecule has 0 atom stereocenters. The van der Waals surface area contributed by atoms with Crippen molar-refractivity contribution in [3.8, 4) is 11.5 Å². The molecule has 90 valence electrons. The van der Waals surface area contributed by atoms with Crippen LogP contribution in [0, 0.1) is 0 Å². The summed E-state index contributed by atoms with van der Waals surface area (Å²) >= 11 is 0. The molecule has 0 aliphatic rings. The second-order valence-electron chi connectivity index (χ2n) is 4.41. The average Bonchev–Trinajstić information content (AvgIpc) is 2.43. The second kappa shape index (κ2) is 4.60. The van der Waals surface area contributed by atoms with Crippen LogP contribution >= 0.6 is 0 Å². The summed E-state index contributed by atoms with van der Waals surface area (Å²) in [6.45, 7) is 8.93. The maximum Gasteiger partial charge on any atom is 0.308 e. The maximum absolute atomic E-state index is 10.9. The van der Waals surface area contributed by atoms with Gasteiger partial charge in [0.25, 0.3) is 0 Å². The van der Waals surface area contributed by atoms with Crippen LogP contribution in [0.25, 0.3) is 0 Å². The molecule has 0 aliphatic carbocycles. The Hall–Kier alpha value is -1.45. The standard InChI is InChI=1S/C12H18O4/c1-6(2)10-9(14)12(15-8(5)13)11(16-10)7(3)4/h6-7,14H,1-5H3. The van der Waals surface area contributed by atoms with Gasteiger partial charge in [-0.15, -0.1) is 0 Å². The monoisotopic (exact) mass is 226 g/mol. The molecule has 0 aliphatic heterocycles. The van der Waals surface area contributed by atoms with E-state index in [-0.39, 0.29) is 23.3 Å². The molecule has 1 N–H and O–H groups in total. The molecular formula is C12H18O4. The van der Waals surface area contributed by atoms with Crippen molar-refractivity contribution in [3.05, 3.63) is 11.5 Å². The van der Waals surface area contributed by atoms with Crippen molar-refractivity contribution in [2.24, 2.45) is 0 Å². The highest BCUT2D eigenvalue weighted by molar-refractivity contribution is 5.71. The molecule has 0 bridgehead atoms. The lowest BCUT2D eigenvalue weighted by atomic mass is 10.1. The lowest BCUT2D eigenvalue weighted by Crippen LogP contribution is -2.03. The zero-order valence-corrected chi connectivity index (χ0v) is 10.3. The van der Waals surface area contributed by atoms with Crippen molar-refractivity contribution in [1.29, 1.82) is 0 Å². The Kier molecular flexibility index (Phi) is 3.62. The summed E-state index contributed by atoms with van der Waals surface area (Å²) in [5.41, 5.74) is 0. The first kappa shape index (κ1) is 12.6. The van der Waals surface area contributed by atoms with Crippen molar-refractivity contribution in [3.63, 3.8) is 0 Å². The number of ether oxygens (including phenoxy) is 1. The van der Waals surface area contributed by atoms with Gasteiger partial charge in [0.05, 0.1) is 0 Å². The van der Waals surface area contributed by atoms with E-state index in [4.69, 9.17) is 9.15 Å². The number of carbonyl (C=O) groups is 1. The first-order valence-corrected chi connectivity index (χ1v) is 5.38. The number of aromatic hydroxyl groups is 1. The van der Waals surface area contributed by atoms with Gasteiger partial charge in [-0.25, -0.2) is 0 Å². The predicted molar refractivity (Wildman–Crippen MR) is 59.9 cm³/mol. The molecule has 0 saturated heterocycles. The molecule has 0 unspecified atom stereocenters. The molecule has 1 heterocycles. The zero-order chi connectivity index (χ0) is 12.5. The van der Waals surface area contributed by atoms with E-state index in [0.717, 1.165) is 0 Å². The van der Waals surface area contributed by atoms with Gasteiger partial charge in [0.2, 0.25) is 11.5 Å². The number of carbonyl (C=O) groups excluding carboxylic acids is 1. The summed E-state index contributed by atoms with van der Waals surface area (Å²) in [7, 11) is 0. The van der Waals surface area contributed by atoms with E-state index in [9.17, 15) is 9.90 Å².